The van der Waals surface area contributed by atoms with Crippen molar-refractivity contribution in [3.63, 3.8) is 0 Å². The molecule has 33 heavy (non-hydrogen) atoms. The molecular formula is C24H28ClN3O4S. The highest BCUT2D eigenvalue weighted by molar-refractivity contribution is 7.91. The van der Waals surface area contributed by atoms with Gasteiger partial charge in [0.1, 0.15) is 0 Å². The number of sulfone groups is 1. The van der Waals surface area contributed by atoms with Crippen molar-refractivity contribution >= 4 is 33.3 Å². The first-order valence-electron chi connectivity index (χ1n) is 11.1. The number of amides is 2. The highest BCUT2D eigenvalue weighted by atomic mass is 35.5. The van der Waals surface area contributed by atoms with Gasteiger partial charge in [-0.3, -0.25) is 14.5 Å². The number of hydrogen-bond donors (Lipinski definition) is 1. The third kappa shape index (κ3) is 5.93. The van der Waals surface area contributed by atoms with Crippen molar-refractivity contribution in [3.05, 3.63) is 70.7 Å². The number of nitrogens with one attached hydrogen (secondary N) is 1. The zero-order valence-electron chi connectivity index (χ0n) is 18.3. The summed E-state index contributed by atoms with van der Waals surface area (Å²) in [6.45, 7) is 2.42. The Balaban J connectivity index is 1.40. The molecule has 2 aromatic rings. The number of carbonyl (C=O) groups excluding carboxylic acids is 2. The maximum atomic E-state index is 13.1. The minimum atomic E-state index is -2.93. The molecule has 0 radical (unpaired) electrons. The number of halogens is 1. The predicted molar refractivity (Wildman–Crippen MR) is 128 cm³/mol. The van der Waals surface area contributed by atoms with Gasteiger partial charge in [0.15, 0.2) is 9.84 Å². The molecule has 2 saturated heterocycles. The smallest absolute Gasteiger partial charge is 0.253 e. The Bertz CT molecular complexity index is 1100. The highest BCUT2D eigenvalue weighted by Crippen LogP contribution is 2.23. The molecule has 2 aromatic carbocycles. The van der Waals surface area contributed by atoms with E-state index in [1.54, 1.807) is 29.2 Å². The van der Waals surface area contributed by atoms with E-state index in [4.69, 9.17) is 11.6 Å². The molecule has 176 valence electrons. The van der Waals surface area contributed by atoms with E-state index in [0.717, 1.165) is 5.56 Å². The molecule has 9 heteroatoms. The first-order valence-corrected chi connectivity index (χ1v) is 13.3. The van der Waals surface area contributed by atoms with Gasteiger partial charge in [-0.25, -0.2) is 8.42 Å². The van der Waals surface area contributed by atoms with Gasteiger partial charge in [0.2, 0.25) is 5.91 Å². The summed E-state index contributed by atoms with van der Waals surface area (Å²) in [5, 5.41) is 3.33. The molecule has 2 amide bonds. The van der Waals surface area contributed by atoms with Gasteiger partial charge < -0.3 is 10.2 Å². The van der Waals surface area contributed by atoms with Crippen molar-refractivity contribution < 1.29 is 18.0 Å². The zero-order chi connectivity index (χ0) is 23.4. The molecule has 2 aliphatic rings. The fourth-order valence-electron chi connectivity index (χ4n) is 4.52. The lowest BCUT2D eigenvalue weighted by Crippen LogP contribution is -2.52. The van der Waals surface area contributed by atoms with Crippen LogP contribution in [0.15, 0.2) is 54.6 Å². The maximum Gasteiger partial charge on any atom is 0.253 e. The van der Waals surface area contributed by atoms with Crippen molar-refractivity contribution in [1.82, 2.24) is 15.1 Å². The largest absolute Gasteiger partial charge is 0.345 e. The molecule has 2 heterocycles. The van der Waals surface area contributed by atoms with Gasteiger partial charge in [0.05, 0.1) is 34.6 Å². The summed E-state index contributed by atoms with van der Waals surface area (Å²) in [6.07, 6.45) is 0.804. The molecule has 0 bridgehead atoms. The normalized spacial score (nSPS) is 21.5. The predicted octanol–water partition coefficient (Wildman–Crippen LogP) is 2.53. The number of rotatable bonds is 6. The molecule has 0 saturated carbocycles. The average molecular weight is 490 g/mol. The van der Waals surface area contributed by atoms with E-state index >= 15 is 0 Å². The first-order chi connectivity index (χ1) is 15.8. The molecule has 2 fully saturated rings. The summed E-state index contributed by atoms with van der Waals surface area (Å²) in [5.41, 5.74) is 1.22. The monoisotopic (exact) mass is 489 g/mol. The van der Waals surface area contributed by atoms with E-state index in [1.807, 2.05) is 30.3 Å². The van der Waals surface area contributed by atoms with Gasteiger partial charge >= 0.3 is 0 Å². The van der Waals surface area contributed by atoms with Crippen LogP contribution in [0.4, 0.5) is 0 Å². The highest BCUT2D eigenvalue weighted by Gasteiger charge is 2.34. The number of carbonyl (C=O) groups is 2. The molecule has 0 spiro atoms. The SMILES string of the molecule is O=C(N[C@H](CC(=O)N1CCN([C@H]2CCS(=O)(=O)C2)CC1)c1ccccc1)c1ccccc1Cl. The number of nitrogens with zero attached hydrogens (tertiary/aromatic N) is 2. The van der Waals surface area contributed by atoms with E-state index in [9.17, 15) is 18.0 Å². The van der Waals surface area contributed by atoms with Gasteiger partial charge in [-0.1, -0.05) is 54.1 Å². The van der Waals surface area contributed by atoms with Gasteiger partial charge in [-0.15, -0.1) is 0 Å². The average Bonchev–Trinajstić information content (AvgIpc) is 3.19. The number of benzene rings is 2. The van der Waals surface area contributed by atoms with Crippen LogP contribution < -0.4 is 5.32 Å². The Hall–Kier alpha value is -2.42. The topological polar surface area (TPSA) is 86.8 Å². The van der Waals surface area contributed by atoms with E-state index in [2.05, 4.69) is 10.2 Å². The Morgan fingerprint density at radius 3 is 2.30 bits per heavy atom. The summed E-state index contributed by atoms with van der Waals surface area (Å²) in [7, 11) is -2.93. The van der Waals surface area contributed by atoms with Gasteiger partial charge in [-0.2, -0.15) is 0 Å². The van der Waals surface area contributed by atoms with Crippen LogP contribution in [0.3, 0.4) is 0 Å². The molecule has 0 unspecified atom stereocenters. The molecule has 1 N–H and O–H groups in total. The Morgan fingerprint density at radius 2 is 1.67 bits per heavy atom. The molecule has 7 nitrogen and oxygen atoms in total. The Kier molecular flexibility index (Phi) is 7.36. The van der Waals surface area contributed by atoms with Crippen LogP contribution in [-0.2, 0) is 14.6 Å². The second-order valence-electron chi connectivity index (χ2n) is 8.59. The van der Waals surface area contributed by atoms with Crippen LogP contribution in [0.25, 0.3) is 0 Å². The van der Waals surface area contributed by atoms with Gasteiger partial charge in [0.25, 0.3) is 5.91 Å². The molecule has 2 atom stereocenters. The summed E-state index contributed by atoms with van der Waals surface area (Å²) >= 11 is 6.18. The minimum absolute atomic E-state index is 0.0398. The first kappa shape index (κ1) is 23.7. The van der Waals surface area contributed by atoms with Crippen LogP contribution in [0, 0.1) is 0 Å². The molecule has 2 aliphatic heterocycles. The second kappa shape index (κ2) is 10.2. The lowest BCUT2D eigenvalue weighted by atomic mass is 10.0. The van der Waals surface area contributed by atoms with Gasteiger partial charge in [0, 0.05) is 32.2 Å². The van der Waals surface area contributed by atoms with E-state index in [-0.39, 0.29) is 35.8 Å². The Morgan fingerprint density at radius 1 is 1.00 bits per heavy atom. The summed E-state index contributed by atoms with van der Waals surface area (Å²) in [5.74, 6) is 0.0998. The molecule has 0 aliphatic carbocycles. The van der Waals surface area contributed by atoms with Gasteiger partial charge in [-0.05, 0) is 24.1 Å². The summed E-state index contributed by atoms with van der Waals surface area (Å²) in [6, 6.07) is 15.8. The third-order valence-corrected chi connectivity index (χ3v) is 8.48. The fraction of sp³-hybridized carbons (Fsp3) is 0.417. The van der Waals surface area contributed by atoms with Crippen molar-refractivity contribution in [2.75, 3.05) is 37.7 Å². The molecular weight excluding hydrogens is 462 g/mol. The van der Waals surface area contributed by atoms with Crippen molar-refractivity contribution in [2.24, 2.45) is 0 Å². The van der Waals surface area contributed by atoms with Crippen LogP contribution >= 0.6 is 11.6 Å². The lowest BCUT2D eigenvalue weighted by Gasteiger charge is -2.38. The third-order valence-electron chi connectivity index (χ3n) is 6.40. The molecule has 4 rings (SSSR count). The maximum absolute atomic E-state index is 13.1. The summed E-state index contributed by atoms with van der Waals surface area (Å²) in [4.78, 5) is 30.0. The van der Waals surface area contributed by atoms with Crippen molar-refractivity contribution in [2.45, 2.75) is 24.9 Å². The Labute approximate surface area is 199 Å². The van der Waals surface area contributed by atoms with Crippen LogP contribution in [0.1, 0.15) is 34.8 Å². The van der Waals surface area contributed by atoms with Crippen molar-refractivity contribution in [3.8, 4) is 0 Å². The lowest BCUT2D eigenvalue weighted by molar-refractivity contribution is -0.133. The molecule has 0 aromatic heterocycles. The minimum Gasteiger partial charge on any atom is -0.345 e. The number of piperazine rings is 1. The van der Waals surface area contributed by atoms with Crippen molar-refractivity contribution in [1.29, 1.82) is 0 Å². The van der Waals surface area contributed by atoms with E-state index in [1.165, 1.54) is 0 Å². The van der Waals surface area contributed by atoms with E-state index < -0.39 is 15.9 Å². The van der Waals surface area contributed by atoms with Crippen LogP contribution in [-0.4, -0.2) is 73.8 Å². The second-order valence-corrected chi connectivity index (χ2v) is 11.2. The van der Waals surface area contributed by atoms with Crippen LogP contribution in [0.2, 0.25) is 5.02 Å². The zero-order valence-corrected chi connectivity index (χ0v) is 19.9. The number of hydrogen-bond acceptors (Lipinski definition) is 5. The van der Waals surface area contributed by atoms with E-state index in [0.29, 0.717) is 43.2 Å². The standard InChI is InChI=1S/C24H28ClN3O4S/c25-21-9-5-4-8-20(21)24(30)26-22(18-6-2-1-3-7-18)16-23(29)28-13-11-27(12-14-28)19-10-15-33(31,32)17-19/h1-9,19,22H,10-17H2,(H,26,30)/t19-,22+/m0/s1. The fourth-order valence-corrected chi connectivity index (χ4v) is 6.51. The van der Waals surface area contributed by atoms with Crippen LogP contribution in [0.5, 0.6) is 0 Å². The quantitative estimate of drug-likeness (QED) is 0.673. The summed E-state index contributed by atoms with van der Waals surface area (Å²) < 4.78 is 23.6.